The highest BCUT2D eigenvalue weighted by Crippen LogP contribution is 2.17. The fourth-order valence-electron chi connectivity index (χ4n) is 1.88. The van der Waals surface area contributed by atoms with Crippen LogP contribution in [0.15, 0.2) is 24.3 Å². The molecule has 1 rings (SSSR count). The van der Waals surface area contributed by atoms with Crippen LogP contribution in [0.2, 0.25) is 0 Å². The van der Waals surface area contributed by atoms with Crippen molar-refractivity contribution in [2.45, 2.75) is 39.7 Å². The van der Waals surface area contributed by atoms with Gasteiger partial charge in [-0.1, -0.05) is 13.0 Å². The molecule has 0 aliphatic rings. The van der Waals surface area contributed by atoms with E-state index in [0.29, 0.717) is 38.9 Å². The van der Waals surface area contributed by atoms with Crippen LogP contribution in [0.3, 0.4) is 0 Å². The van der Waals surface area contributed by atoms with Gasteiger partial charge in [-0.2, -0.15) is 0 Å². The van der Waals surface area contributed by atoms with Gasteiger partial charge in [0.15, 0.2) is 5.78 Å². The van der Waals surface area contributed by atoms with Crippen LogP contribution >= 0.6 is 0 Å². The summed E-state index contributed by atoms with van der Waals surface area (Å²) in [6.07, 6.45) is 1.31. The monoisotopic (exact) mass is 323 g/mol. The van der Waals surface area contributed by atoms with E-state index >= 15 is 0 Å². The molecular formula is C18H29NO4. The summed E-state index contributed by atoms with van der Waals surface area (Å²) in [5.74, 6) is 0.967. The van der Waals surface area contributed by atoms with E-state index in [2.05, 4.69) is 19.2 Å². The maximum atomic E-state index is 11.0. The lowest BCUT2D eigenvalue weighted by atomic mass is 10.2. The van der Waals surface area contributed by atoms with Gasteiger partial charge in [0.05, 0.1) is 6.61 Å². The fourth-order valence-corrected chi connectivity index (χ4v) is 1.88. The Labute approximate surface area is 139 Å². The van der Waals surface area contributed by atoms with Gasteiger partial charge in [0.1, 0.15) is 19.0 Å². The first-order chi connectivity index (χ1) is 11.1. The van der Waals surface area contributed by atoms with E-state index in [4.69, 9.17) is 14.2 Å². The molecule has 0 atom stereocenters. The summed E-state index contributed by atoms with van der Waals surface area (Å²) in [5, 5.41) is 3.34. The molecular weight excluding hydrogens is 294 g/mol. The molecule has 0 spiro atoms. The van der Waals surface area contributed by atoms with E-state index in [1.165, 1.54) is 0 Å². The van der Waals surface area contributed by atoms with Crippen molar-refractivity contribution >= 4 is 11.5 Å². The Kier molecular flexibility index (Phi) is 10.1. The standard InChI is InChI=1S/C18H29NO4/c1-4-17(20)14-22-10-6-9-21-11-12-23-18-8-5-7-16(13-18)19-15(2)3/h5,7-8,13,15,19H,4,6,9-12,14H2,1-3H3. The molecule has 23 heavy (non-hydrogen) atoms. The second kappa shape index (κ2) is 11.9. The number of Topliss-reactive ketones (excluding diaryl/α,β-unsaturated/α-hetero) is 1. The highest BCUT2D eigenvalue weighted by molar-refractivity contribution is 5.79. The van der Waals surface area contributed by atoms with E-state index < -0.39 is 0 Å². The average Bonchev–Trinajstić information content (AvgIpc) is 2.52. The number of rotatable bonds is 13. The van der Waals surface area contributed by atoms with Gasteiger partial charge in [-0.3, -0.25) is 4.79 Å². The first kappa shape index (κ1) is 19.5. The molecule has 0 saturated carbocycles. The molecule has 0 aliphatic heterocycles. The van der Waals surface area contributed by atoms with Crippen molar-refractivity contribution in [2.24, 2.45) is 0 Å². The maximum absolute atomic E-state index is 11.0. The Bertz CT molecular complexity index is 448. The molecule has 5 heteroatoms. The maximum Gasteiger partial charge on any atom is 0.158 e. The van der Waals surface area contributed by atoms with Gasteiger partial charge in [-0.25, -0.2) is 0 Å². The summed E-state index contributed by atoms with van der Waals surface area (Å²) in [4.78, 5) is 11.0. The van der Waals surface area contributed by atoms with Crippen molar-refractivity contribution in [3.63, 3.8) is 0 Å². The van der Waals surface area contributed by atoms with Gasteiger partial charge in [-0.15, -0.1) is 0 Å². The summed E-state index contributed by atoms with van der Waals surface area (Å²) in [6.45, 7) is 8.46. The lowest BCUT2D eigenvalue weighted by molar-refractivity contribution is -0.123. The molecule has 0 unspecified atom stereocenters. The smallest absolute Gasteiger partial charge is 0.158 e. The van der Waals surface area contributed by atoms with E-state index in [1.54, 1.807) is 0 Å². The lowest BCUT2D eigenvalue weighted by Crippen LogP contribution is -2.12. The summed E-state index contributed by atoms with van der Waals surface area (Å²) in [6, 6.07) is 8.30. The topological polar surface area (TPSA) is 56.8 Å². The zero-order chi connectivity index (χ0) is 16.9. The van der Waals surface area contributed by atoms with Crippen molar-refractivity contribution in [1.82, 2.24) is 0 Å². The van der Waals surface area contributed by atoms with Crippen molar-refractivity contribution in [1.29, 1.82) is 0 Å². The molecule has 5 nitrogen and oxygen atoms in total. The molecule has 0 radical (unpaired) electrons. The van der Waals surface area contributed by atoms with Crippen LogP contribution in [0, 0.1) is 0 Å². The Morgan fingerprint density at radius 3 is 2.65 bits per heavy atom. The molecule has 0 bridgehead atoms. The third-order valence-corrected chi connectivity index (χ3v) is 3.02. The highest BCUT2D eigenvalue weighted by Gasteiger charge is 1.99. The number of hydrogen-bond acceptors (Lipinski definition) is 5. The summed E-state index contributed by atoms with van der Waals surface area (Å²) >= 11 is 0. The molecule has 1 aromatic rings. The van der Waals surface area contributed by atoms with Gasteiger partial charge in [-0.05, 0) is 32.4 Å². The minimum Gasteiger partial charge on any atom is -0.491 e. The lowest BCUT2D eigenvalue weighted by Gasteiger charge is -2.12. The summed E-state index contributed by atoms with van der Waals surface area (Å²) in [7, 11) is 0. The number of benzene rings is 1. The third-order valence-electron chi connectivity index (χ3n) is 3.02. The molecule has 0 aliphatic carbocycles. The number of ketones is 1. The van der Waals surface area contributed by atoms with Crippen LogP contribution in [0.1, 0.15) is 33.6 Å². The summed E-state index contributed by atoms with van der Waals surface area (Å²) in [5.41, 5.74) is 1.05. The van der Waals surface area contributed by atoms with E-state index in [9.17, 15) is 4.79 Å². The Morgan fingerprint density at radius 2 is 1.91 bits per heavy atom. The first-order valence-electron chi connectivity index (χ1n) is 8.28. The van der Waals surface area contributed by atoms with Gasteiger partial charge in [0.25, 0.3) is 0 Å². The number of anilines is 1. The van der Waals surface area contributed by atoms with Crippen LogP contribution < -0.4 is 10.1 Å². The van der Waals surface area contributed by atoms with Gasteiger partial charge >= 0.3 is 0 Å². The van der Waals surface area contributed by atoms with Gasteiger partial charge in [0, 0.05) is 37.4 Å². The molecule has 1 aromatic carbocycles. The zero-order valence-electron chi connectivity index (χ0n) is 14.5. The molecule has 0 heterocycles. The molecule has 130 valence electrons. The third kappa shape index (κ3) is 9.92. The predicted octanol–water partition coefficient (Wildman–Crippen LogP) is 3.29. The van der Waals surface area contributed by atoms with Gasteiger partial charge < -0.3 is 19.5 Å². The van der Waals surface area contributed by atoms with Crippen molar-refractivity contribution < 1.29 is 19.0 Å². The van der Waals surface area contributed by atoms with E-state index in [0.717, 1.165) is 17.9 Å². The van der Waals surface area contributed by atoms with Crippen LogP contribution in [0.25, 0.3) is 0 Å². The van der Waals surface area contributed by atoms with E-state index in [1.807, 2.05) is 31.2 Å². The minimum atomic E-state index is 0.133. The zero-order valence-corrected chi connectivity index (χ0v) is 14.5. The number of nitrogens with one attached hydrogen (secondary N) is 1. The number of ether oxygens (including phenoxy) is 3. The van der Waals surface area contributed by atoms with Crippen LogP contribution in [-0.2, 0) is 14.3 Å². The average molecular weight is 323 g/mol. The van der Waals surface area contributed by atoms with Crippen molar-refractivity contribution in [3.05, 3.63) is 24.3 Å². The largest absolute Gasteiger partial charge is 0.491 e. The van der Waals surface area contributed by atoms with Crippen molar-refractivity contribution in [3.8, 4) is 5.75 Å². The Hall–Kier alpha value is -1.59. The summed E-state index contributed by atoms with van der Waals surface area (Å²) < 4.78 is 16.4. The second-order valence-electron chi connectivity index (χ2n) is 5.59. The van der Waals surface area contributed by atoms with E-state index in [-0.39, 0.29) is 12.4 Å². The molecule has 0 amide bonds. The number of carbonyl (C=O) groups is 1. The Morgan fingerprint density at radius 1 is 1.13 bits per heavy atom. The molecule has 0 fully saturated rings. The minimum absolute atomic E-state index is 0.133. The molecule has 1 N–H and O–H groups in total. The van der Waals surface area contributed by atoms with Crippen LogP contribution in [0.4, 0.5) is 5.69 Å². The van der Waals surface area contributed by atoms with Gasteiger partial charge in [0.2, 0.25) is 0 Å². The quantitative estimate of drug-likeness (QED) is 0.565. The first-order valence-corrected chi connectivity index (χ1v) is 8.28. The molecule has 0 aromatic heterocycles. The molecule has 0 saturated heterocycles. The van der Waals surface area contributed by atoms with Crippen molar-refractivity contribution in [2.75, 3.05) is 38.4 Å². The second-order valence-corrected chi connectivity index (χ2v) is 5.59. The van der Waals surface area contributed by atoms with Crippen LogP contribution in [0.5, 0.6) is 5.75 Å². The fraction of sp³-hybridized carbons (Fsp3) is 0.611. The van der Waals surface area contributed by atoms with Crippen LogP contribution in [-0.4, -0.2) is 44.9 Å². The number of carbonyl (C=O) groups excluding carboxylic acids is 1. The highest BCUT2D eigenvalue weighted by atomic mass is 16.5. The number of hydrogen-bond donors (Lipinski definition) is 1. The normalized spacial score (nSPS) is 10.8. The SMILES string of the molecule is CCC(=O)COCCCOCCOc1cccc(NC(C)C)c1. The Balaban J connectivity index is 2.03. The predicted molar refractivity (Wildman–Crippen MR) is 92.2 cm³/mol.